The highest BCUT2D eigenvalue weighted by Crippen LogP contribution is 2.32. The second-order valence-corrected chi connectivity index (χ2v) is 7.56. The molecule has 0 fully saturated rings. The normalized spacial score (nSPS) is 13.1. The van der Waals surface area contributed by atoms with Gasteiger partial charge in [-0.3, -0.25) is 0 Å². The molecule has 6 nitrogen and oxygen atoms in total. The van der Waals surface area contributed by atoms with Crippen LogP contribution >= 0.6 is 11.3 Å². The molecule has 9 heteroatoms. The van der Waals surface area contributed by atoms with Crippen LogP contribution in [0.15, 0.2) is 36.9 Å². The Morgan fingerprint density at radius 2 is 2.18 bits per heavy atom. The number of aryl methyl sites for hydroxylation is 1. The first-order valence-electron chi connectivity index (χ1n) is 8.72. The summed E-state index contributed by atoms with van der Waals surface area (Å²) in [4.78, 5) is 4.88. The summed E-state index contributed by atoms with van der Waals surface area (Å²) in [7, 11) is 0. The van der Waals surface area contributed by atoms with E-state index in [0.717, 1.165) is 29.9 Å². The third-order valence-electron chi connectivity index (χ3n) is 4.26. The van der Waals surface area contributed by atoms with Gasteiger partial charge >= 0.3 is 0 Å². The van der Waals surface area contributed by atoms with E-state index in [1.807, 2.05) is 13.0 Å². The van der Waals surface area contributed by atoms with E-state index in [-0.39, 0.29) is 18.7 Å². The zero-order chi connectivity index (χ0) is 20.1. The molecule has 0 radical (unpaired) electrons. The third-order valence-corrected chi connectivity index (χ3v) is 5.42. The van der Waals surface area contributed by atoms with Crippen LogP contribution in [0.4, 0.5) is 13.8 Å². The number of nitriles is 1. The maximum absolute atomic E-state index is 14.4. The Labute approximate surface area is 165 Å². The van der Waals surface area contributed by atoms with Crippen molar-refractivity contribution in [2.75, 3.05) is 11.9 Å². The molecule has 3 aromatic rings. The summed E-state index contributed by atoms with van der Waals surface area (Å²) in [6, 6.07) is 6.98. The molecule has 0 aliphatic rings. The molecular weight excluding hydrogens is 384 g/mol. The van der Waals surface area contributed by atoms with E-state index in [4.69, 9.17) is 0 Å². The van der Waals surface area contributed by atoms with Crippen molar-refractivity contribution in [3.8, 4) is 6.07 Å². The number of hydrogen-bond donors (Lipinski definition) is 2. The summed E-state index contributed by atoms with van der Waals surface area (Å²) >= 11 is 1.43. The molecule has 0 amide bonds. The van der Waals surface area contributed by atoms with Crippen molar-refractivity contribution in [3.05, 3.63) is 64.6 Å². The van der Waals surface area contributed by atoms with E-state index in [2.05, 4.69) is 21.5 Å². The second kappa shape index (κ2) is 8.46. The summed E-state index contributed by atoms with van der Waals surface area (Å²) in [6.45, 7) is 1.85. The third kappa shape index (κ3) is 4.35. The molecule has 2 heterocycles. The maximum atomic E-state index is 14.4. The van der Waals surface area contributed by atoms with Crippen LogP contribution < -0.4 is 5.32 Å². The minimum atomic E-state index is -1.74. The maximum Gasteiger partial charge on any atom is 0.137 e. The molecule has 0 saturated carbocycles. The van der Waals surface area contributed by atoms with Crippen molar-refractivity contribution in [2.45, 2.75) is 31.9 Å². The Hall–Kier alpha value is -2.83. The quantitative estimate of drug-likeness (QED) is 0.602. The van der Waals surface area contributed by atoms with Gasteiger partial charge in [-0.05, 0) is 18.6 Å². The van der Waals surface area contributed by atoms with Crippen molar-refractivity contribution in [1.29, 1.82) is 5.26 Å². The number of benzene rings is 1. The predicted octanol–water partition coefficient (Wildman–Crippen LogP) is 3.44. The van der Waals surface area contributed by atoms with Crippen molar-refractivity contribution < 1.29 is 13.9 Å². The number of halogens is 2. The molecule has 0 aliphatic carbocycles. The van der Waals surface area contributed by atoms with Gasteiger partial charge in [0, 0.05) is 16.5 Å². The van der Waals surface area contributed by atoms with E-state index in [0.29, 0.717) is 10.6 Å². The van der Waals surface area contributed by atoms with E-state index in [1.165, 1.54) is 34.7 Å². The molecule has 2 N–H and O–H groups in total. The van der Waals surface area contributed by atoms with Gasteiger partial charge < -0.3 is 10.4 Å². The van der Waals surface area contributed by atoms with E-state index in [9.17, 15) is 19.1 Å². The van der Waals surface area contributed by atoms with E-state index < -0.39 is 17.2 Å². The molecule has 28 heavy (non-hydrogen) atoms. The molecule has 2 aromatic heterocycles. The molecule has 0 spiro atoms. The van der Waals surface area contributed by atoms with Crippen LogP contribution in [0.2, 0.25) is 0 Å². The molecule has 3 rings (SSSR count). The van der Waals surface area contributed by atoms with Crippen LogP contribution in [-0.4, -0.2) is 26.4 Å². The standard InChI is InChI=1S/C19H19F2N5OS/c1-2-3-15-6-13(8-22)18(28-15)24-9-19(27,10-26-12-23-11-25-26)16-5-4-14(20)7-17(16)21/h4-7,11-12,24,27H,2-3,9-10H2,1H3/t19-/m1/s1. The topological polar surface area (TPSA) is 86.8 Å². The van der Waals surface area contributed by atoms with Crippen LogP contribution in [0.5, 0.6) is 0 Å². The van der Waals surface area contributed by atoms with Gasteiger partial charge in [0.15, 0.2) is 0 Å². The number of nitrogens with zero attached hydrogens (tertiary/aromatic N) is 4. The Morgan fingerprint density at radius 1 is 1.36 bits per heavy atom. The van der Waals surface area contributed by atoms with Gasteiger partial charge in [0.05, 0.1) is 18.7 Å². The molecule has 0 bridgehead atoms. The summed E-state index contributed by atoms with van der Waals surface area (Å²) in [6.07, 6.45) is 4.50. The Bertz CT molecular complexity index is 983. The highest BCUT2D eigenvalue weighted by atomic mass is 32.1. The first-order chi connectivity index (χ1) is 13.4. The lowest BCUT2D eigenvalue weighted by atomic mass is 9.93. The average Bonchev–Trinajstić information content (AvgIpc) is 3.29. The summed E-state index contributed by atoms with van der Waals surface area (Å²) in [5, 5.41) is 28.3. The number of nitrogens with one attached hydrogen (secondary N) is 1. The van der Waals surface area contributed by atoms with Gasteiger partial charge in [-0.2, -0.15) is 10.4 Å². The summed E-state index contributed by atoms with van der Waals surface area (Å²) in [5.74, 6) is -1.59. The largest absolute Gasteiger partial charge is 0.381 e. The Morgan fingerprint density at radius 3 is 2.82 bits per heavy atom. The first-order valence-corrected chi connectivity index (χ1v) is 9.54. The fourth-order valence-corrected chi connectivity index (χ4v) is 4.04. The van der Waals surface area contributed by atoms with Crippen molar-refractivity contribution >= 4 is 16.3 Å². The Balaban J connectivity index is 1.91. The predicted molar refractivity (Wildman–Crippen MR) is 102 cm³/mol. The van der Waals surface area contributed by atoms with Gasteiger partial charge in [-0.1, -0.05) is 19.4 Å². The van der Waals surface area contributed by atoms with Gasteiger partial charge in [0.25, 0.3) is 0 Å². The average molecular weight is 403 g/mol. The molecule has 0 aliphatic heterocycles. The Kier molecular flexibility index (Phi) is 6.02. The number of hydrogen-bond acceptors (Lipinski definition) is 6. The van der Waals surface area contributed by atoms with Gasteiger partial charge in [0.2, 0.25) is 0 Å². The van der Waals surface area contributed by atoms with Crippen molar-refractivity contribution in [2.24, 2.45) is 0 Å². The zero-order valence-electron chi connectivity index (χ0n) is 15.2. The molecule has 1 aromatic carbocycles. The van der Waals surface area contributed by atoms with Crippen molar-refractivity contribution in [3.63, 3.8) is 0 Å². The number of aliphatic hydroxyl groups is 1. The molecule has 0 saturated heterocycles. The van der Waals surface area contributed by atoms with Crippen LogP contribution in [0.3, 0.4) is 0 Å². The fraction of sp³-hybridized carbons (Fsp3) is 0.316. The first kappa shape index (κ1) is 19.9. The smallest absolute Gasteiger partial charge is 0.137 e. The molecule has 0 unspecified atom stereocenters. The SMILES string of the molecule is CCCc1cc(C#N)c(NC[C@@](O)(Cn2cncn2)c2ccc(F)cc2F)s1. The minimum absolute atomic E-state index is 0.0688. The number of aromatic nitrogens is 3. The van der Waals surface area contributed by atoms with Gasteiger partial charge in [-0.25, -0.2) is 18.4 Å². The lowest BCUT2D eigenvalue weighted by molar-refractivity contribution is 0.0248. The summed E-state index contributed by atoms with van der Waals surface area (Å²) in [5.41, 5.74) is -1.34. The second-order valence-electron chi connectivity index (χ2n) is 6.42. The molecular formula is C19H19F2N5OS. The van der Waals surface area contributed by atoms with Crippen LogP contribution in [-0.2, 0) is 18.6 Å². The van der Waals surface area contributed by atoms with Crippen LogP contribution in [0.1, 0.15) is 29.3 Å². The van der Waals surface area contributed by atoms with Crippen LogP contribution in [0, 0.1) is 23.0 Å². The highest BCUT2D eigenvalue weighted by Gasteiger charge is 2.34. The number of thiophene rings is 1. The summed E-state index contributed by atoms with van der Waals surface area (Å²) < 4.78 is 29.1. The van der Waals surface area contributed by atoms with Crippen molar-refractivity contribution in [1.82, 2.24) is 14.8 Å². The monoisotopic (exact) mass is 403 g/mol. The zero-order valence-corrected chi connectivity index (χ0v) is 16.0. The van der Waals surface area contributed by atoms with Crippen LogP contribution in [0.25, 0.3) is 0 Å². The lowest BCUT2D eigenvalue weighted by Crippen LogP contribution is -2.39. The van der Waals surface area contributed by atoms with E-state index in [1.54, 1.807) is 0 Å². The number of rotatable bonds is 8. The molecule has 1 atom stereocenters. The highest BCUT2D eigenvalue weighted by molar-refractivity contribution is 7.16. The fourth-order valence-electron chi connectivity index (χ4n) is 2.94. The number of anilines is 1. The van der Waals surface area contributed by atoms with Gasteiger partial charge in [0.1, 0.15) is 41.0 Å². The van der Waals surface area contributed by atoms with Gasteiger partial charge in [-0.15, -0.1) is 11.3 Å². The minimum Gasteiger partial charge on any atom is -0.381 e. The van der Waals surface area contributed by atoms with E-state index >= 15 is 0 Å². The molecule has 146 valence electrons. The lowest BCUT2D eigenvalue weighted by Gasteiger charge is -2.29.